The molecule has 2 aromatic carbocycles. The highest BCUT2D eigenvalue weighted by atomic mass is 32.2. The molecule has 5 nitrogen and oxygen atoms in total. The van der Waals surface area contributed by atoms with Crippen LogP contribution in [0.1, 0.15) is 29.8 Å². The predicted molar refractivity (Wildman–Crippen MR) is 105 cm³/mol. The molecule has 0 unspecified atom stereocenters. The van der Waals surface area contributed by atoms with Crippen LogP contribution in [0.5, 0.6) is 5.75 Å². The number of carbonyl (C=O) groups excluding carboxylic acids is 2. The first-order valence-corrected chi connectivity index (χ1v) is 9.64. The van der Waals surface area contributed by atoms with Crippen molar-refractivity contribution in [1.29, 1.82) is 0 Å². The van der Waals surface area contributed by atoms with Gasteiger partial charge in [-0.3, -0.25) is 4.79 Å². The van der Waals surface area contributed by atoms with E-state index in [0.29, 0.717) is 30.3 Å². The van der Waals surface area contributed by atoms with Crippen molar-refractivity contribution in [2.24, 2.45) is 0 Å². The zero-order valence-electron chi connectivity index (χ0n) is 15.0. The number of hydrogen-bond acceptors (Lipinski definition) is 5. The van der Waals surface area contributed by atoms with E-state index in [1.807, 2.05) is 43.3 Å². The van der Waals surface area contributed by atoms with Gasteiger partial charge in [0.1, 0.15) is 5.75 Å². The van der Waals surface area contributed by atoms with Crippen LogP contribution < -0.4 is 10.1 Å². The van der Waals surface area contributed by atoms with Gasteiger partial charge >= 0.3 is 5.97 Å². The van der Waals surface area contributed by atoms with Gasteiger partial charge in [-0.15, -0.1) is 11.8 Å². The maximum Gasteiger partial charge on any atom is 0.338 e. The third-order valence-electron chi connectivity index (χ3n) is 3.39. The maximum atomic E-state index is 12.0. The second-order valence-corrected chi connectivity index (χ2v) is 6.40. The van der Waals surface area contributed by atoms with E-state index in [0.717, 1.165) is 17.0 Å². The number of anilines is 1. The zero-order chi connectivity index (χ0) is 18.8. The molecule has 0 aliphatic heterocycles. The highest BCUT2D eigenvalue weighted by Gasteiger charge is 2.08. The third kappa shape index (κ3) is 6.44. The van der Waals surface area contributed by atoms with E-state index >= 15 is 0 Å². The number of amides is 1. The Balaban J connectivity index is 1.79. The van der Waals surface area contributed by atoms with Crippen molar-refractivity contribution in [2.75, 3.05) is 24.3 Å². The van der Waals surface area contributed by atoms with Crippen LogP contribution in [0.15, 0.2) is 48.5 Å². The fourth-order valence-corrected chi connectivity index (χ4v) is 3.04. The molecule has 26 heavy (non-hydrogen) atoms. The van der Waals surface area contributed by atoms with E-state index in [9.17, 15) is 9.59 Å². The Morgan fingerprint density at radius 3 is 2.50 bits per heavy atom. The summed E-state index contributed by atoms with van der Waals surface area (Å²) in [6.07, 6.45) is 0. The third-order valence-corrected chi connectivity index (χ3v) is 4.39. The molecule has 6 heteroatoms. The number of ether oxygens (including phenoxy) is 2. The molecule has 0 saturated heterocycles. The topological polar surface area (TPSA) is 64.6 Å². The monoisotopic (exact) mass is 373 g/mol. The molecule has 0 heterocycles. The average Bonchev–Trinajstić information content (AvgIpc) is 2.64. The van der Waals surface area contributed by atoms with Gasteiger partial charge in [-0.25, -0.2) is 4.79 Å². The van der Waals surface area contributed by atoms with Gasteiger partial charge in [0.15, 0.2) is 0 Å². The second kappa shape index (κ2) is 10.5. The molecule has 0 aliphatic rings. The second-order valence-electron chi connectivity index (χ2n) is 5.42. The van der Waals surface area contributed by atoms with E-state index in [-0.39, 0.29) is 11.9 Å². The van der Waals surface area contributed by atoms with Crippen molar-refractivity contribution in [1.82, 2.24) is 0 Å². The van der Waals surface area contributed by atoms with Crippen molar-refractivity contribution in [3.63, 3.8) is 0 Å². The highest BCUT2D eigenvalue weighted by molar-refractivity contribution is 7.99. The molecule has 138 valence electrons. The van der Waals surface area contributed by atoms with Crippen LogP contribution in [0.25, 0.3) is 0 Å². The molecule has 1 amide bonds. The van der Waals surface area contributed by atoms with Crippen molar-refractivity contribution in [3.05, 3.63) is 59.7 Å². The fraction of sp³-hybridized carbons (Fsp3) is 0.300. The summed E-state index contributed by atoms with van der Waals surface area (Å²) < 4.78 is 10.4. The molecule has 2 aromatic rings. The lowest BCUT2D eigenvalue weighted by atomic mass is 10.1. The van der Waals surface area contributed by atoms with Crippen molar-refractivity contribution >= 4 is 29.3 Å². The Hall–Kier alpha value is -2.47. The van der Waals surface area contributed by atoms with Crippen LogP contribution in [0.4, 0.5) is 5.69 Å². The van der Waals surface area contributed by atoms with Crippen LogP contribution in [0, 0.1) is 0 Å². The van der Waals surface area contributed by atoms with Gasteiger partial charge in [-0.05, 0) is 55.8 Å². The Labute approximate surface area is 158 Å². The van der Waals surface area contributed by atoms with Crippen LogP contribution >= 0.6 is 11.8 Å². The van der Waals surface area contributed by atoms with E-state index in [4.69, 9.17) is 9.47 Å². The first kappa shape index (κ1) is 19.8. The van der Waals surface area contributed by atoms with Crippen LogP contribution in [0.2, 0.25) is 0 Å². The van der Waals surface area contributed by atoms with Gasteiger partial charge in [-0.1, -0.05) is 12.1 Å². The fourth-order valence-electron chi connectivity index (χ4n) is 2.26. The normalized spacial score (nSPS) is 10.2. The molecule has 0 bridgehead atoms. The van der Waals surface area contributed by atoms with Gasteiger partial charge < -0.3 is 14.8 Å². The quantitative estimate of drug-likeness (QED) is 0.670. The van der Waals surface area contributed by atoms with Gasteiger partial charge in [-0.2, -0.15) is 0 Å². The number of thioether (sulfide) groups is 1. The molecule has 2 rings (SSSR count). The van der Waals surface area contributed by atoms with Crippen LogP contribution in [0.3, 0.4) is 0 Å². The van der Waals surface area contributed by atoms with E-state index in [2.05, 4.69) is 5.32 Å². The molecular weight excluding hydrogens is 350 g/mol. The Kier molecular flexibility index (Phi) is 8.02. The Morgan fingerprint density at radius 2 is 1.81 bits per heavy atom. The van der Waals surface area contributed by atoms with Crippen molar-refractivity contribution in [3.8, 4) is 5.75 Å². The lowest BCUT2D eigenvalue weighted by Gasteiger charge is -2.08. The lowest BCUT2D eigenvalue weighted by Crippen LogP contribution is -2.14. The van der Waals surface area contributed by atoms with Gasteiger partial charge in [0, 0.05) is 11.4 Å². The zero-order valence-corrected chi connectivity index (χ0v) is 15.8. The SMILES string of the molecule is CCOC(=O)c1cccc(CSCC(=O)Nc2ccc(OCC)cc2)c1. The molecule has 0 aliphatic carbocycles. The summed E-state index contributed by atoms with van der Waals surface area (Å²) in [5.41, 5.74) is 2.25. The van der Waals surface area contributed by atoms with E-state index < -0.39 is 0 Å². The molecule has 0 fully saturated rings. The lowest BCUT2D eigenvalue weighted by molar-refractivity contribution is -0.113. The van der Waals surface area contributed by atoms with Crippen LogP contribution in [-0.4, -0.2) is 30.8 Å². The van der Waals surface area contributed by atoms with E-state index in [1.54, 1.807) is 19.1 Å². The van der Waals surface area contributed by atoms with E-state index in [1.165, 1.54) is 11.8 Å². The number of esters is 1. The summed E-state index contributed by atoms with van der Waals surface area (Å²) in [6.45, 7) is 4.67. The summed E-state index contributed by atoms with van der Waals surface area (Å²) in [6, 6.07) is 14.6. The molecule has 0 atom stereocenters. The Morgan fingerprint density at radius 1 is 1.04 bits per heavy atom. The summed E-state index contributed by atoms with van der Waals surface area (Å²) in [4.78, 5) is 23.8. The van der Waals surface area contributed by atoms with Crippen molar-refractivity contribution < 1.29 is 19.1 Å². The molecule has 0 spiro atoms. The summed E-state index contributed by atoms with van der Waals surface area (Å²) in [5.74, 6) is 1.36. The highest BCUT2D eigenvalue weighted by Crippen LogP contribution is 2.17. The average molecular weight is 373 g/mol. The number of benzene rings is 2. The molecule has 0 aromatic heterocycles. The standard InChI is InChI=1S/C20H23NO4S/c1-3-24-18-10-8-17(9-11-18)21-19(22)14-26-13-15-6-5-7-16(12-15)20(23)25-4-2/h5-12H,3-4,13-14H2,1-2H3,(H,21,22). The van der Waals surface area contributed by atoms with Crippen LogP contribution in [-0.2, 0) is 15.3 Å². The summed E-state index contributed by atoms with van der Waals surface area (Å²) >= 11 is 1.49. The first-order chi connectivity index (χ1) is 12.6. The minimum Gasteiger partial charge on any atom is -0.494 e. The molecule has 0 saturated carbocycles. The van der Waals surface area contributed by atoms with Gasteiger partial charge in [0.2, 0.25) is 5.91 Å². The minimum atomic E-state index is -0.326. The number of carbonyl (C=O) groups is 2. The largest absolute Gasteiger partial charge is 0.494 e. The first-order valence-electron chi connectivity index (χ1n) is 8.49. The smallest absolute Gasteiger partial charge is 0.338 e. The number of rotatable bonds is 9. The molecule has 1 N–H and O–H groups in total. The number of nitrogens with one attached hydrogen (secondary N) is 1. The summed E-state index contributed by atoms with van der Waals surface area (Å²) in [7, 11) is 0. The van der Waals surface area contributed by atoms with Gasteiger partial charge in [0.25, 0.3) is 0 Å². The molecular formula is C20H23NO4S. The van der Waals surface area contributed by atoms with Crippen molar-refractivity contribution in [2.45, 2.75) is 19.6 Å². The maximum absolute atomic E-state index is 12.0. The predicted octanol–water partition coefficient (Wildman–Crippen LogP) is 4.13. The number of hydrogen-bond donors (Lipinski definition) is 1. The minimum absolute atomic E-state index is 0.0688. The Bertz CT molecular complexity index is 731. The molecule has 0 radical (unpaired) electrons. The summed E-state index contributed by atoms with van der Waals surface area (Å²) in [5, 5.41) is 2.85. The van der Waals surface area contributed by atoms with Gasteiger partial charge in [0.05, 0.1) is 24.5 Å².